The molecule has 0 atom stereocenters. The predicted molar refractivity (Wildman–Crippen MR) is 76.1 cm³/mol. The van der Waals surface area contributed by atoms with Crippen LogP contribution in [0, 0.1) is 0 Å². The van der Waals surface area contributed by atoms with Crippen LogP contribution in [0.3, 0.4) is 0 Å². The van der Waals surface area contributed by atoms with Crippen molar-refractivity contribution in [2.75, 3.05) is 24.4 Å². The molecule has 2 aromatic rings. The lowest BCUT2D eigenvalue weighted by molar-refractivity contribution is 0.213. The molecule has 112 valence electrons. The number of methoxy groups -OCH3 is 1. The van der Waals surface area contributed by atoms with Gasteiger partial charge in [0, 0.05) is 11.8 Å². The summed E-state index contributed by atoms with van der Waals surface area (Å²) in [5, 5.41) is 0. The second kappa shape index (κ2) is 5.94. The smallest absolute Gasteiger partial charge is 0.288 e. The summed E-state index contributed by atoms with van der Waals surface area (Å²) in [6.07, 6.45) is 1.18. The van der Waals surface area contributed by atoms with Gasteiger partial charge in [-0.15, -0.1) is 4.47 Å². The second-order valence-electron chi connectivity index (χ2n) is 3.90. The summed E-state index contributed by atoms with van der Waals surface area (Å²) in [5.74, 6) is 0.246. The SMILES string of the molecule is COc1cc(N(OC)S(=O)(=O)c2ccc(N)cc2)ncn1. The lowest BCUT2D eigenvalue weighted by Crippen LogP contribution is -2.30. The number of nitrogens with two attached hydrogens (primary N) is 1. The number of nitrogens with zero attached hydrogens (tertiary/aromatic N) is 3. The molecule has 0 unspecified atom stereocenters. The Kier molecular flexibility index (Phi) is 4.24. The van der Waals surface area contributed by atoms with Crippen molar-refractivity contribution in [1.82, 2.24) is 9.97 Å². The van der Waals surface area contributed by atoms with E-state index in [2.05, 4.69) is 9.97 Å². The van der Waals surface area contributed by atoms with Gasteiger partial charge in [-0.3, -0.25) is 4.84 Å². The topological polar surface area (TPSA) is 108 Å². The number of hydrogen-bond acceptors (Lipinski definition) is 7. The Labute approximate surface area is 122 Å². The quantitative estimate of drug-likeness (QED) is 0.643. The first-order valence-electron chi connectivity index (χ1n) is 5.80. The Morgan fingerprint density at radius 1 is 1.14 bits per heavy atom. The molecule has 0 saturated heterocycles. The Bertz CT molecular complexity index is 718. The highest BCUT2D eigenvalue weighted by Crippen LogP contribution is 2.24. The molecule has 0 aliphatic heterocycles. The number of benzene rings is 1. The molecule has 0 amide bonds. The molecule has 8 nitrogen and oxygen atoms in total. The van der Waals surface area contributed by atoms with Crippen LogP contribution in [-0.4, -0.2) is 32.6 Å². The molecule has 1 aromatic heterocycles. The van der Waals surface area contributed by atoms with Gasteiger partial charge >= 0.3 is 0 Å². The van der Waals surface area contributed by atoms with E-state index in [1.165, 1.54) is 50.9 Å². The van der Waals surface area contributed by atoms with E-state index < -0.39 is 10.0 Å². The molecule has 0 spiro atoms. The molecule has 0 saturated carbocycles. The largest absolute Gasteiger partial charge is 0.481 e. The highest BCUT2D eigenvalue weighted by molar-refractivity contribution is 7.92. The Morgan fingerprint density at radius 2 is 1.81 bits per heavy atom. The van der Waals surface area contributed by atoms with E-state index in [-0.39, 0.29) is 16.6 Å². The summed E-state index contributed by atoms with van der Waals surface area (Å²) in [7, 11) is -1.30. The van der Waals surface area contributed by atoms with Crippen molar-refractivity contribution in [3.05, 3.63) is 36.7 Å². The second-order valence-corrected chi connectivity index (χ2v) is 5.66. The maximum Gasteiger partial charge on any atom is 0.288 e. The molecule has 0 fully saturated rings. The summed E-state index contributed by atoms with van der Waals surface area (Å²) < 4.78 is 30.7. The minimum atomic E-state index is -3.94. The number of aromatic nitrogens is 2. The first-order chi connectivity index (χ1) is 9.98. The van der Waals surface area contributed by atoms with Crippen LogP contribution in [0.1, 0.15) is 0 Å². The number of hydrogen-bond donors (Lipinski definition) is 1. The molecular formula is C12H14N4O4S. The van der Waals surface area contributed by atoms with Gasteiger partial charge in [0.15, 0.2) is 5.82 Å². The van der Waals surface area contributed by atoms with Gasteiger partial charge < -0.3 is 10.5 Å². The van der Waals surface area contributed by atoms with Crippen molar-refractivity contribution in [2.24, 2.45) is 0 Å². The number of anilines is 2. The number of rotatable bonds is 5. The van der Waals surface area contributed by atoms with E-state index >= 15 is 0 Å². The van der Waals surface area contributed by atoms with Gasteiger partial charge in [-0.1, -0.05) is 0 Å². The first kappa shape index (κ1) is 15.0. The average molecular weight is 310 g/mol. The monoisotopic (exact) mass is 310 g/mol. The van der Waals surface area contributed by atoms with E-state index in [0.29, 0.717) is 10.2 Å². The Balaban J connectivity index is 2.46. The lowest BCUT2D eigenvalue weighted by Gasteiger charge is -2.20. The zero-order valence-electron chi connectivity index (χ0n) is 11.4. The molecular weight excluding hydrogens is 296 g/mol. The van der Waals surface area contributed by atoms with Crippen LogP contribution in [0.2, 0.25) is 0 Å². The summed E-state index contributed by atoms with van der Waals surface area (Å²) in [6, 6.07) is 7.09. The van der Waals surface area contributed by atoms with Crippen LogP contribution >= 0.6 is 0 Å². The van der Waals surface area contributed by atoms with Crippen molar-refractivity contribution in [1.29, 1.82) is 0 Å². The van der Waals surface area contributed by atoms with Crippen LogP contribution in [0.25, 0.3) is 0 Å². The third-order valence-corrected chi connectivity index (χ3v) is 4.23. The highest BCUT2D eigenvalue weighted by Gasteiger charge is 2.27. The van der Waals surface area contributed by atoms with Crippen molar-refractivity contribution in [3.63, 3.8) is 0 Å². The van der Waals surface area contributed by atoms with Crippen molar-refractivity contribution < 1.29 is 18.0 Å². The molecule has 1 heterocycles. The number of nitrogen functional groups attached to an aromatic ring is 1. The maximum absolute atomic E-state index is 12.5. The van der Waals surface area contributed by atoms with E-state index in [1.54, 1.807) is 0 Å². The number of ether oxygens (including phenoxy) is 1. The molecule has 0 aliphatic carbocycles. The van der Waals surface area contributed by atoms with Gasteiger partial charge in [-0.05, 0) is 24.3 Å². The minimum absolute atomic E-state index is 0.0242. The van der Waals surface area contributed by atoms with E-state index in [9.17, 15) is 8.42 Å². The van der Waals surface area contributed by atoms with E-state index in [1.807, 2.05) is 0 Å². The van der Waals surface area contributed by atoms with Gasteiger partial charge in [-0.25, -0.2) is 9.97 Å². The normalized spacial score (nSPS) is 11.1. The van der Waals surface area contributed by atoms with Gasteiger partial charge in [0.1, 0.15) is 6.33 Å². The van der Waals surface area contributed by atoms with Gasteiger partial charge in [0.05, 0.1) is 19.1 Å². The third-order valence-electron chi connectivity index (χ3n) is 2.59. The van der Waals surface area contributed by atoms with Gasteiger partial charge in [0.2, 0.25) is 5.88 Å². The fraction of sp³-hybridized carbons (Fsp3) is 0.167. The molecule has 9 heteroatoms. The van der Waals surface area contributed by atoms with Gasteiger partial charge in [0.25, 0.3) is 10.0 Å². The van der Waals surface area contributed by atoms with Crippen LogP contribution in [0.15, 0.2) is 41.6 Å². The van der Waals surface area contributed by atoms with Crippen molar-refractivity contribution in [3.8, 4) is 5.88 Å². The zero-order valence-corrected chi connectivity index (χ0v) is 12.2. The molecule has 2 rings (SSSR count). The summed E-state index contributed by atoms with van der Waals surface area (Å²) in [5.41, 5.74) is 6.01. The first-order valence-corrected chi connectivity index (χ1v) is 7.24. The predicted octanol–water partition coefficient (Wildman–Crippen LogP) is 0.824. The summed E-state index contributed by atoms with van der Waals surface area (Å²) >= 11 is 0. The fourth-order valence-electron chi connectivity index (χ4n) is 1.59. The minimum Gasteiger partial charge on any atom is -0.481 e. The highest BCUT2D eigenvalue weighted by atomic mass is 32.2. The summed E-state index contributed by atoms with van der Waals surface area (Å²) in [4.78, 5) is 12.7. The number of sulfonamides is 1. The molecule has 0 bridgehead atoms. The molecule has 1 aromatic carbocycles. The standard InChI is InChI=1S/C12H14N4O4S/c1-19-12-7-11(14-8-15-12)16(20-2)21(17,18)10-5-3-9(13)4-6-10/h3-8H,13H2,1-2H3. The third kappa shape index (κ3) is 3.03. The van der Waals surface area contributed by atoms with E-state index in [4.69, 9.17) is 15.3 Å². The van der Waals surface area contributed by atoms with Crippen molar-refractivity contribution >= 4 is 21.5 Å². The molecule has 2 N–H and O–H groups in total. The van der Waals surface area contributed by atoms with Crippen molar-refractivity contribution in [2.45, 2.75) is 4.90 Å². The van der Waals surface area contributed by atoms with Gasteiger partial charge in [-0.2, -0.15) is 8.42 Å². The van der Waals surface area contributed by atoms with Crippen LogP contribution in [-0.2, 0) is 14.9 Å². The maximum atomic E-state index is 12.5. The molecule has 0 aliphatic rings. The Morgan fingerprint density at radius 3 is 2.38 bits per heavy atom. The van der Waals surface area contributed by atoms with Crippen LogP contribution in [0.4, 0.5) is 11.5 Å². The Hall–Kier alpha value is -2.39. The molecule has 0 radical (unpaired) electrons. The summed E-state index contributed by atoms with van der Waals surface area (Å²) in [6.45, 7) is 0. The van der Waals surface area contributed by atoms with Crippen LogP contribution in [0.5, 0.6) is 5.88 Å². The van der Waals surface area contributed by atoms with Crippen LogP contribution < -0.4 is 14.9 Å². The molecule has 21 heavy (non-hydrogen) atoms. The van der Waals surface area contributed by atoms with E-state index in [0.717, 1.165) is 0 Å². The fourth-order valence-corrected chi connectivity index (χ4v) is 2.81. The average Bonchev–Trinajstić information content (AvgIpc) is 2.48. The zero-order chi connectivity index (χ0) is 15.5. The lowest BCUT2D eigenvalue weighted by atomic mass is 10.3.